The van der Waals surface area contributed by atoms with Crippen molar-refractivity contribution >= 4 is 50.7 Å². The van der Waals surface area contributed by atoms with Crippen molar-refractivity contribution in [2.24, 2.45) is 0 Å². The number of rotatable bonds is 11. The second kappa shape index (κ2) is 14.2. The van der Waals surface area contributed by atoms with Crippen molar-refractivity contribution in [1.29, 1.82) is 0 Å². The maximum Gasteiger partial charge on any atom is 0.244 e. The van der Waals surface area contributed by atoms with Crippen LogP contribution >= 0.6 is 23.2 Å². The summed E-state index contributed by atoms with van der Waals surface area (Å²) in [6, 6.07) is 22.1. The van der Waals surface area contributed by atoms with Gasteiger partial charge in [-0.15, -0.1) is 0 Å². The highest BCUT2D eigenvalue weighted by atomic mass is 35.5. The third-order valence-corrected chi connectivity index (χ3v) is 8.85. The Morgan fingerprint density at radius 3 is 2.15 bits per heavy atom. The van der Waals surface area contributed by atoms with E-state index in [1.54, 1.807) is 36.4 Å². The molecule has 1 aliphatic rings. The summed E-state index contributed by atoms with van der Waals surface area (Å²) in [6.45, 7) is -0.427. The van der Waals surface area contributed by atoms with E-state index in [9.17, 15) is 18.0 Å². The average molecular weight is 617 g/mol. The summed E-state index contributed by atoms with van der Waals surface area (Å²) in [5.74, 6) is -0.778. The molecule has 10 heteroatoms. The molecule has 1 aliphatic carbocycles. The molecule has 4 rings (SSSR count). The van der Waals surface area contributed by atoms with Gasteiger partial charge >= 0.3 is 0 Å². The van der Waals surface area contributed by atoms with Crippen molar-refractivity contribution in [3.63, 3.8) is 0 Å². The molecule has 0 saturated heterocycles. The molecule has 1 saturated carbocycles. The smallest absolute Gasteiger partial charge is 0.244 e. The number of hydrogen-bond donors (Lipinski definition) is 1. The third kappa shape index (κ3) is 8.96. The van der Waals surface area contributed by atoms with E-state index in [-0.39, 0.29) is 30.6 Å². The molecule has 1 fully saturated rings. The van der Waals surface area contributed by atoms with Crippen molar-refractivity contribution < 1.29 is 18.0 Å². The van der Waals surface area contributed by atoms with E-state index in [1.807, 2.05) is 36.4 Å². The monoisotopic (exact) mass is 615 g/mol. The molecule has 0 radical (unpaired) electrons. The molecule has 41 heavy (non-hydrogen) atoms. The summed E-state index contributed by atoms with van der Waals surface area (Å²) >= 11 is 12.4. The largest absolute Gasteiger partial charge is 0.352 e. The van der Waals surface area contributed by atoms with Gasteiger partial charge in [0.2, 0.25) is 21.8 Å². The first-order valence-electron chi connectivity index (χ1n) is 13.7. The third-order valence-electron chi connectivity index (χ3n) is 7.24. The number of halogens is 2. The standard InChI is InChI=1S/C31H35Cl2N3O4S/c1-41(39,40)36(28-17-9-14-26(33)20-28)22-30(37)35(21-24-12-8-13-25(32)18-24)29(19-23-10-4-2-5-11-23)31(38)34-27-15-6-3-7-16-27/h2,4-5,8-14,17-18,20,27,29H,3,6-7,15-16,19,21-22H2,1H3,(H,34,38). The molecule has 218 valence electrons. The summed E-state index contributed by atoms with van der Waals surface area (Å²) in [5, 5.41) is 4.03. The summed E-state index contributed by atoms with van der Waals surface area (Å²) in [5.41, 5.74) is 1.88. The molecule has 0 spiro atoms. The van der Waals surface area contributed by atoms with E-state index in [2.05, 4.69) is 5.32 Å². The van der Waals surface area contributed by atoms with E-state index in [4.69, 9.17) is 23.2 Å². The van der Waals surface area contributed by atoms with Crippen LogP contribution in [0.25, 0.3) is 0 Å². The predicted molar refractivity (Wildman–Crippen MR) is 165 cm³/mol. The first-order chi connectivity index (χ1) is 19.6. The number of hydrogen-bond acceptors (Lipinski definition) is 4. The topological polar surface area (TPSA) is 86.8 Å². The van der Waals surface area contributed by atoms with Crippen LogP contribution in [0.1, 0.15) is 43.2 Å². The predicted octanol–water partition coefficient (Wildman–Crippen LogP) is 5.85. The van der Waals surface area contributed by atoms with E-state index in [1.165, 1.54) is 11.0 Å². The van der Waals surface area contributed by atoms with Crippen LogP contribution in [0.4, 0.5) is 5.69 Å². The van der Waals surface area contributed by atoms with Crippen LogP contribution < -0.4 is 9.62 Å². The SMILES string of the molecule is CS(=O)(=O)N(CC(=O)N(Cc1cccc(Cl)c1)C(Cc1ccccc1)C(=O)NC1CCCCC1)c1cccc(Cl)c1. The van der Waals surface area contributed by atoms with E-state index in [0.717, 1.165) is 53.8 Å². The van der Waals surface area contributed by atoms with Gasteiger partial charge in [-0.2, -0.15) is 0 Å². The van der Waals surface area contributed by atoms with E-state index >= 15 is 0 Å². The Balaban J connectivity index is 1.72. The Labute approximate surface area is 252 Å². The molecular formula is C31H35Cl2N3O4S. The van der Waals surface area contributed by atoms with Gasteiger partial charge in [-0.1, -0.05) is 91.0 Å². The Kier molecular flexibility index (Phi) is 10.7. The normalized spacial score (nSPS) is 14.7. The second-order valence-electron chi connectivity index (χ2n) is 10.5. The van der Waals surface area contributed by atoms with Crippen LogP contribution in [0.3, 0.4) is 0 Å². The molecule has 1 atom stereocenters. The fourth-order valence-electron chi connectivity index (χ4n) is 5.18. The zero-order valence-corrected chi connectivity index (χ0v) is 25.3. The van der Waals surface area contributed by atoms with Gasteiger partial charge in [0.05, 0.1) is 11.9 Å². The van der Waals surface area contributed by atoms with Gasteiger partial charge in [-0.05, 0) is 54.3 Å². The quantitative estimate of drug-likeness (QED) is 0.293. The number of benzene rings is 3. The molecule has 1 unspecified atom stereocenters. The van der Waals surface area contributed by atoms with E-state index in [0.29, 0.717) is 10.0 Å². The first kappa shape index (κ1) is 30.9. The number of carbonyl (C=O) groups excluding carboxylic acids is 2. The van der Waals surface area contributed by atoms with Gasteiger partial charge in [0, 0.05) is 29.1 Å². The minimum absolute atomic E-state index is 0.0385. The fraction of sp³-hybridized carbons (Fsp3) is 0.355. The first-order valence-corrected chi connectivity index (χ1v) is 16.3. The van der Waals surface area contributed by atoms with Crippen LogP contribution in [0, 0.1) is 0 Å². The summed E-state index contributed by atoms with van der Waals surface area (Å²) < 4.78 is 26.8. The van der Waals surface area contributed by atoms with Crippen LogP contribution in [0.5, 0.6) is 0 Å². The molecule has 2 amide bonds. The molecule has 0 aromatic heterocycles. The number of amides is 2. The number of sulfonamides is 1. The summed E-state index contributed by atoms with van der Waals surface area (Å²) in [4.78, 5) is 29.6. The van der Waals surface area contributed by atoms with Gasteiger partial charge in [0.25, 0.3) is 0 Å². The Bertz CT molecular complexity index is 1450. The van der Waals surface area contributed by atoms with Gasteiger partial charge in [0.1, 0.15) is 12.6 Å². The lowest BCUT2D eigenvalue weighted by molar-refractivity contribution is -0.140. The Morgan fingerprint density at radius 2 is 1.51 bits per heavy atom. The van der Waals surface area contributed by atoms with Crippen molar-refractivity contribution in [2.45, 2.75) is 57.2 Å². The molecule has 3 aromatic carbocycles. The summed E-state index contributed by atoms with van der Waals surface area (Å²) in [6.07, 6.45) is 6.32. The van der Waals surface area contributed by atoms with Crippen LogP contribution in [-0.4, -0.2) is 50.0 Å². The van der Waals surface area contributed by atoms with Crippen LogP contribution in [0.15, 0.2) is 78.9 Å². The van der Waals surface area contributed by atoms with E-state index < -0.39 is 28.5 Å². The van der Waals surface area contributed by atoms with Gasteiger partial charge in [-0.25, -0.2) is 8.42 Å². The molecule has 3 aromatic rings. The van der Waals surface area contributed by atoms with Gasteiger partial charge in [-0.3, -0.25) is 13.9 Å². The Morgan fingerprint density at radius 1 is 0.878 bits per heavy atom. The second-order valence-corrected chi connectivity index (χ2v) is 13.2. The zero-order chi connectivity index (χ0) is 29.4. The number of nitrogens with zero attached hydrogens (tertiary/aromatic N) is 2. The maximum atomic E-state index is 14.2. The van der Waals surface area contributed by atoms with Crippen molar-refractivity contribution in [3.8, 4) is 0 Å². The fourth-order valence-corrected chi connectivity index (χ4v) is 6.41. The highest BCUT2D eigenvalue weighted by molar-refractivity contribution is 7.92. The lowest BCUT2D eigenvalue weighted by Gasteiger charge is -2.35. The number of carbonyl (C=O) groups is 2. The molecule has 0 heterocycles. The highest BCUT2D eigenvalue weighted by Crippen LogP contribution is 2.24. The molecule has 0 bridgehead atoms. The average Bonchev–Trinajstić information content (AvgIpc) is 2.94. The lowest BCUT2D eigenvalue weighted by Crippen LogP contribution is -2.55. The molecule has 1 N–H and O–H groups in total. The highest BCUT2D eigenvalue weighted by Gasteiger charge is 2.34. The minimum atomic E-state index is -3.86. The minimum Gasteiger partial charge on any atom is -0.352 e. The number of anilines is 1. The van der Waals surface area contributed by atoms with Crippen LogP contribution in [0.2, 0.25) is 10.0 Å². The van der Waals surface area contributed by atoms with Crippen molar-refractivity contribution in [1.82, 2.24) is 10.2 Å². The Hall–Kier alpha value is -3.07. The summed E-state index contributed by atoms with van der Waals surface area (Å²) in [7, 11) is -3.86. The molecular weight excluding hydrogens is 581 g/mol. The molecule has 7 nitrogen and oxygen atoms in total. The number of nitrogens with one attached hydrogen (secondary N) is 1. The zero-order valence-electron chi connectivity index (χ0n) is 23.0. The van der Waals surface area contributed by atoms with Gasteiger partial charge < -0.3 is 10.2 Å². The van der Waals surface area contributed by atoms with Crippen molar-refractivity contribution in [3.05, 3.63) is 100 Å². The molecule has 0 aliphatic heterocycles. The van der Waals surface area contributed by atoms with Crippen LogP contribution in [-0.2, 0) is 32.6 Å². The lowest BCUT2D eigenvalue weighted by atomic mass is 9.94. The van der Waals surface area contributed by atoms with Crippen molar-refractivity contribution in [2.75, 3.05) is 17.1 Å². The maximum absolute atomic E-state index is 14.2. The van der Waals surface area contributed by atoms with Gasteiger partial charge in [0.15, 0.2) is 0 Å².